The molecule has 1 amide bonds. The van der Waals surface area contributed by atoms with Crippen LogP contribution in [-0.2, 0) is 6.54 Å². The predicted octanol–water partition coefficient (Wildman–Crippen LogP) is 1.66. The van der Waals surface area contributed by atoms with Crippen LogP contribution in [-0.4, -0.2) is 28.2 Å². The van der Waals surface area contributed by atoms with E-state index in [-0.39, 0.29) is 18.6 Å². The number of aromatic nitrogens is 1. The van der Waals surface area contributed by atoms with Crippen molar-refractivity contribution in [2.24, 2.45) is 0 Å². The molecule has 1 atom stereocenters. The minimum Gasteiger partial charge on any atom is -0.394 e. The van der Waals surface area contributed by atoms with Gasteiger partial charge < -0.3 is 15.0 Å². The van der Waals surface area contributed by atoms with Crippen LogP contribution in [0.2, 0.25) is 5.02 Å². The van der Waals surface area contributed by atoms with Gasteiger partial charge in [0, 0.05) is 18.8 Å². The van der Waals surface area contributed by atoms with Gasteiger partial charge in [0.25, 0.3) is 5.91 Å². The number of halogens is 1. The molecule has 0 bridgehead atoms. The Balaban J connectivity index is 2.81. The second-order valence-electron chi connectivity index (χ2n) is 3.79. The molecule has 0 saturated heterocycles. The number of amides is 1. The number of aryl methyl sites for hydroxylation is 1. The maximum Gasteiger partial charge on any atom is 0.268 e. The van der Waals surface area contributed by atoms with Gasteiger partial charge in [-0.2, -0.15) is 0 Å². The maximum atomic E-state index is 11.8. The van der Waals surface area contributed by atoms with Gasteiger partial charge in [-0.05, 0) is 19.4 Å². The summed E-state index contributed by atoms with van der Waals surface area (Å²) in [6.45, 7) is 4.45. The van der Waals surface area contributed by atoms with Gasteiger partial charge in [0.1, 0.15) is 5.69 Å². The summed E-state index contributed by atoms with van der Waals surface area (Å²) in [5.74, 6) is -0.207. The van der Waals surface area contributed by atoms with Gasteiger partial charge in [-0.25, -0.2) is 0 Å². The Bertz CT molecular complexity index is 363. The zero-order valence-electron chi connectivity index (χ0n) is 9.53. The molecule has 0 aliphatic heterocycles. The summed E-state index contributed by atoms with van der Waals surface area (Å²) in [5.41, 5.74) is 0.534. The zero-order valence-corrected chi connectivity index (χ0v) is 10.3. The van der Waals surface area contributed by atoms with Crippen LogP contribution < -0.4 is 5.32 Å². The van der Waals surface area contributed by atoms with Crippen molar-refractivity contribution < 1.29 is 9.90 Å². The van der Waals surface area contributed by atoms with Crippen LogP contribution in [0.15, 0.2) is 12.3 Å². The molecule has 1 heterocycles. The number of nitrogens with zero attached hydrogens (tertiary/aromatic N) is 1. The average molecular weight is 245 g/mol. The van der Waals surface area contributed by atoms with Crippen LogP contribution in [0.3, 0.4) is 0 Å². The van der Waals surface area contributed by atoms with Crippen molar-refractivity contribution in [3.05, 3.63) is 23.0 Å². The Morgan fingerprint density at radius 3 is 2.94 bits per heavy atom. The van der Waals surface area contributed by atoms with Crippen LogP contribution in [0.5, 0.6) is 0 Å². The minimum atomic E-state index is -0.253. The first kappa shape index (κ1) is 13.1. The lowest BCUT2D eigenvalue weighted by Gasteiger charge is -2.12. The first-order chi connectivity index (χ1) is 7.58. The lowest BCUT2D eigenvalue weighted by Crippen LogP contribution is -2.36. The second-order valence-corrected chi connectivity index (χ2v) is 4.23. The number of hydrogen-bond donors (Lipinski definition) is 2. The van der Waals surface area contributed by atoms with E-state index in [4.69, 9.17) is 16.7 Å². The Morgan fingerprint density at radius 2 is 2.38 bits per heavy atom. The summed E-state index contributed by atoms with van der Waals surface area (Å²) >= 11 is 5.87. The van der Waals surface area contributed by atoms with E-state index in [0.29, 0.717) is 10.7 Å². The molecule has 1 aromatic rings. The summed E-state index contributed by atoms with van der Waals surface area (Å²) in [6, 6.07) is 1.38. The third-order valence-electron chi connectivity index (χ3n) is 2.21. The van der Waals surface area contributed by atoms with E-state index in [9.17, 15) is 4.79 Å². The van der Waals surface area contributed by atoms with Crippen molar-refractivity contribution in [2.45, 2.75) is 32.9 Å². The summed E-state index contributed by atoms with van der Waals surface area (Å²) in [6.07, 6.45) is 2.67. The molecule has 2 N–H and O–H groups in total. The number of nitrogens with one attached hydrogen (secondary N) is 1. The van der Waals surface area contributed by atoms with Gasteiger partial charge in [-0.15, -0.1) is 0 Å². The summed E-state index contributed by atoms with van der Waals surface area (Å²) in [5, 5.41) is 12.1. The van der Waals surface area contributed by atoms with Crippen molar-refractivity contribution in [2.75, 3.05) is 6.61 Å². The Kier molecular flexibility index (Phi) is 4.83. The highest BCUT2D eigenvalue weighted by Gasteiger charge is 2.14. The predicted molar refractivity (Wildman–Crippen MR) is 63.7 cm³/mol. The first-order valence-electron chi connectivity index (χ1n) is 5.35. The smallest absolute Gasteiger partial charge is 0.268 e. The quantitative estimate of drug-likeness (QED) is 0.828. The summed E-state index contributed by atoms with van der Waals surface area (Å²) in [7, 11) is 0. The van der Waals surface area contributed by atoms with Gasteiger partial charge in [-0.1, -0.05) is 18.5 Å². The molecule has 0 aliphatic carbocycles. The number of rotatable bonds is 5. The molecule has 1 unspecified atom stereocenters. The number of carbonyl (C=O) groups excluding carboxylic acids is 1. The molecule has 0 spiro atoms. The van der Waals surface area contributed by atoms with Gasteiger partial charge in [0.05, 0.1) is 11.6 Å². The minimum absolute atomic E-state index is 0.0754. The monoisotopic (exact) mass is 244 g/mol. The van der Waals surface area contributed by atoms with Crippen LogP contribution >= 0.6 is 11.6 Å². The van der Waals surface area contributed by atoms with Crippen LogP contribution in [0, 0.1) is 0 Å². The SMILES string of the molecule is CCCn1cc(Cl)cc1C(=O)NC(C)CO. The van der Waals surface area contributed by atoms with Gasteiger partial charge in [0.15, 0.2) is 0 Å². The standard InChI is InChI=1S/C11H17ClN2O2/c1-3-4-14-6-9(12)5-10(14)11(16)13-8(2)7-15/h5-6,8,15H,3-4,7H2,1-2H3,(H,13,16). The van der Waals surface area contributed by atoms with Crippen molar-refractivity contribution in [3.8, 4) is 0 Å². The molecule has 0 aliphatic rings. The number of carbonyl (C=O) groups is 1. The van der Waals surface area contributed by atoms with E-state index in [1.807, 2.05) is 11.5 Å². The average Bonchev–Trinajstić information content (AvgIpc) is 2.60. The number of aliphatic hydroxyl groups is 1. The Labute approximate surface area is 100 Å². The van der Waals surface area contributed by atoms with Crippen molar-refractivity contribution in [3.63, 3.8) is 0 Å². The lowest BCUT2D eigenvalue weighted by molar-refractivity contribution is 0.0913. The zero-order chi connectivity index (χ0) is 12.1. The fourth-order valence-electron chi connectivity index (χ4n) is 1.43. The van der Waals surface area contributed by atoms with Crippen molar-refractivity contribution in [1.29, 1.82) is 0 Å². The number of aliphatic hydroxyl groups excluding tert-OH is 1. The third kappa shape index (κ3) is 3.25. The lowest BCUT2D eigenvalue weighted by atomic mass is 10.3. The topological polar surface area (TPSA) is 54.3 Å². The van der Waals surface area contributed by atoms with E-state index in [2.05, 4.69) is 5.32 Å². The van der Waals surface area contributed by atoms with Crippen LogP contribution in [0.1, 0.15) is 30.8 Å². The van der Waals surface area contributed by atoms with E-state index in [0.717, 1.165) is 13.0 Å². The molecule has 4 nitrogen and oxygen atoms in total. The second kappa shape index (κ2) is 5.92. The largest absolute Gasteiger partial charge is 0.394 e. The fourth-order valence-corrected chi connectivity index (χ4v) is 1.66. The highest BCUT2D eigenvalue weighted by molar-refractivity contribution is 6.31. The fraction of sp³-hybridized carbons (Fsp3) is 0.545. The van der Waals surface area contributed by atoms with E-state index < -0.39 is 0 Å². The molecular weight excluding hydrogens is 228 g/mol. The van der Waals surface area contributed by atoms with Gasteiger partial charge >= 0.3 is 0 Å². The summed E-state index contributed by atoms with van der Waals surface area (Å²) < 4.78 is 1.82. The van der Waals surface area contributed by atoms with Crippen molar-refractivity contribution in [1.82, 2.24) is 9.88 Å². The molecule has 0 radical (unpaired) electrons. The highest BCUT2D eigenvalue weighted by Crippen LogP contribution is 2.14. The van der Waals surface area contributed by atoms with E-state index in [1.165, 1.54) is 0 Å². The van der Waals surface area contributed by atoms with Gasteiger partial charge in [-0.3, -0.25) is 4.79 Å². The van der Waals surface area contributed by atoms with Crippen LogP contribution in [0.25, 0.3) is 0 Å². The summed E-state index contributed by atoms with van der Waals surface area (Å²) in [4.78, 5) is 11.8. The van der Waals surface area contributed by atoms with Gasteiger partial charge in [0.2, 0.25) is 0 Å². The van der Waals surface area contributed by atoms with E-state index >= 15 is 0 Å². The molecule has 0 fully saturated rings. The number of hydrogen-bond acceptors (Lipinski definition) is 2. The molecule has 90 valence electrons. The van der Waals surface area contributed by atoms with Crippen LogP contribution in [0.4, 0.5) is 0 Å². The normalized spacial score (nSPS) is 12.5. The Hall–Kier alpha value is -1.00. The maximum absolute atomic E-state index is 11.8. The molecule has 1 rings (SSSR count). The first-order valence-corrected chi connectivity index (χ1v) is 5.73. The van der Waals surface area contributed by atoms with Crippen molar-refractivity contribution >= 4 is 17.5 Å². The van der Waals surface area contributed by atoms with E-state index in [1.54, 1.807) is 19.2 Å². The molecule has 16 heavy (non-hydrogen) atoms. The Morgan fingerprint density at radius 1 is 1.69 bits per heavy atom. The molecule has 1 aromatic heterocycles. The molecule has 5 heteroatoms. The highest BCUT2D eigenvalue weighted by atomic mass is 35.5. The molecule has 0 saturated carbocycles. The molecule has 0 aromatic carbocycles. The third-order valence-corrected chi connectivity index (χ3v) is 2.42. The molecular formula is C11H17ClN2O2.